The first-order valence-electron chi connectivity index (χ1n) is 7.17. The van der Waals surface area contributed by atoms with E-state index in [1.165, 1.54) is 25.3 Å². The molecule has 1 saturated carbocycles. The molecule has 0 bridgehead atoms. The lowest BCUT2D eigenvalue weighted by atomic mass is 9.84. The van der Waals surface area contributed by atoms with Gasteiger partial charge in [0.2, 0.25) is 0 Å². The molecule has 21 heavy (non-hydrogen) atoms. The van der Waals surface area contributed by atoms with Gasteiger partial charge in [0, 0.05) is 10.5 Å². The van der Waals surface area contributed by atoms with Crippen LogP contribution in [-0.4, -0.2) is 12.4 Å². The number of hydrogen-bond donors (Lipinski definition) is 1. The van der Waals surface area contributed by atoms with Gasteiger partial charge in [0.05, 0.1) is 5.69 Å². The Bertz CT molecular complexity index is 472. The zero-order valence-electron chi connectivity index (χ0n) is 11.8. The standard InChI is InChI=1S/C15H19BrF3NO/c1-10(11-5-3-2-4-6-11)20-13-8-7-12(16)9-14(13)21-15(17,18)19/h7-11,20H,2-6H2,1H3. The van der Waals surface area contributed by atoms with Crippen LogP contribution in [0.3, 0.4) is 0 Å². The van der Waals surface area contributed by atoms with Crippen molar-refractivity contribution in [3.63, 3.8) is 0 Å². The van der Waals surface area contributed by atoms with Crippen molar-refractivity contribution in [1.29, 1.82) is 0 Å². The fraction of sp³-hybridized carbons (Fsp3) is 0.600. The van der Waals surface area contributed by atoms with Crippen LogP contribution in [0.1, 0.15) is 39.0 Å². The summed E-state index contributed by atoms with van der Waals surface area (Å²) >= 11 is 3.17. The second-order valence-corrected chi connectivity index (χ2v) is 6.44. The van der Waals surface area contributed by atoms with Gasteiger partial charge in [-0.05, 0) is 43.9 Å². The molecule has 1 N–H and O–H groups in total. The zero-order valence-corrected chi connectivity index (χ0v) is 13.4. The smallest absolute Gasteiger partial charge is 0.404 e. The van der Waals surface area contributed by atoms with Crippen LogP contribution in [0.15, 0.2) is 22.7 Å². The van der Waals surface area contributed by atoms with E-state index in [-0.39, 0.29) is 11.8 Å². The third-order valence-electron chi connectivity index (χ3n) is 3.91. The first-order chi connectivity index (χ1) is 9.85. The van der Waals surface area contributed by atoms with Crippen molar-refractivity contribution in [3.8, 4) is 5.75 Å². The fourth-order valence-corrected chi connectivity index (χ4v) is 3.16. The predicted octanol–water partition coefficient (Wildman–Crippen LogP) is 5.73. The lowest BCUT2D eigenvalue weighted by molar-refractivity contribution is -0.274. The van der Waals surface area contributed by atoms with Crippen molar-refractivity contribution in [3.05, 3.63) is 22.7 Å². The van der Waals surface area contributed by atoms with Crippen LogP contribution >= 0.6 is 15.9 Å². The third-order valence-corrected chi connectivity index (χ3v) is 4.40. The highest BCUT2D eigenvalue weighted by molar-refractivity contribution is 9.10. The van der Waals surface area contributed by atoms with Crippen molar-refractivity contribution < 1.29 is 17.9 Å². The molecule has 1 atom stereocenters. The second kappa shape index (κ2) is 6.90. The number of hydrogen-bond acceptors (Lipinski definition) is 2. The van der Waals surface area contributed by atoms with E-state index in [9.17, 15) is 13.2 Å². The van der Waals surface area contributed by atoms with Crippen LogP contribution < -0.4 is 10.1 Å². The largest absolute Gasteiger partial charge is 0.573 e. The number of benzene rings is 1. The molecule has 0 radical (unpaired) electrons. The Hall–Kier alpha value is -0.910. The molecular weight excluding hydrogens is 347 g/mol. The Morgan fingerprint density at radius 3 is 2.52 bits per heavy atom. The van der Waals surface area contributed by atoms with Gasteiger partial charge < -0.3 is 10.1 Å². The topological polar surface area (TPSA) is 21.3 Å². The van der Waals surface area contributed by atoms with E-state index in [4.69, 9.17) is 0 Å². The maximum atomic E-state index is 12.5. The summed E-state index contributed by atoms with van der Waals surface area (Å²) in [7, 11) is 0. The Balaban J connectivity index is 2.11. The average molecular weight is 366 g/mol. The molecule has 0 heterocycles. The molecule has 0 saturated heterocycles. The third kappa shape index (κ3) is 5.09. The van der Waals surface area contributed by atoms with Crippen LogP contribution in [0, 0.1) is 5.92 Å². The lowest BCUT2D eigenvalue weighted by Gasteiger charge is -2.29. The second-order valence-electron chi connectivity index (χ2n) is 5.52. The SMILES string of the molecule is CC(Nc1ccc(Br)cc1OC(F)(F)F)C1CCCCC1. The highest BCUT2D eigenvalue weighted by atomic mass is 79.9. The molecule has 118 valence electrons. The van der Waals surface area contributed by atoms with Gasteiger partial charge in [0.1, 0.15) is 0 Å². The molecule has 1 unspecified atom stereocenters. The van der Waals surface area contributed by atoms with Gasteiger partial charge >= 0.3 is 6.36 Å². The Morgan fingerprint density at radius 2 is 1.90 bits per heavy atom. The molecule has 0 amide bonds. The monoisotopic (exact) mass is 365 g/mol. The van der Waals surface area contributed by atoms with Crippen LogP contribution in [0.4, 0.5) is 18.9 Å². The fourth-order valence-electron chi connectivity index (χ4n) is 2.82. The summed E-state index contributed by atoms with van der Waals surface area (Å²) < 4.78 is 42.1. The van der Waals surface area contributed by atoms with E-state index in [0.29, 0.717) is 16.1 Å². The maximum Gasteiger partial charge on any atom is 0.573 e. The Labute approximate surface area is 131 Å². The van der Waals surface area contributed by atoms with Gasteiger partial charge in [-0.25, -0.2) is 0 Å². The van der Waals surface area contributed by atoms with E-state index >= 15 is 0 Å². The summed E-state index contributed by atoms with van der Waals surface area (Å²) in [4.78, 5) is 0. The number of halogens is 4. The molecule has 1 aliphatic carbocycles. The lowest BCUT2D eigenvalue weighted by Crippen LogP contribution is -2.28. The van der Waals surface area contributed by atoms with Crippen molar-refractivity contribution in [2.24, 2.45) is 5.92 Å². The normalized spacial score (nSPS) is 18.3. The first-order valence-corrected chi connectivity index (χ1v) is 7.96. The quantitative estimate of drug-likeness (QED) is 0.735. The molecule has 1 aromatic carbocycles. The summed E-state index contributed by atoms with van der Waals surface area (Å²) in [6.45, 7) is 2.02. The van der Waals surface area contributed by atoms with E-state index in [2.05, 4.69) is 26.0 Å². The van der Waals surface area contributed by atoms with Crippen molar-refractivity contribution in [1.82, 2.24) is 0 Å². The van der Waals surface area contributed by atoms with E-state index in [1.807, 2.05) is 6.92 Å². The predicted molar refractivity (Wildman–Crippen MR) is 80.5 cm³/mol. The molecule has 1 fully saturated rings. The van der Waals surface area contributed by atoms with E-state index < -0.39 is 6.36 Å². The minimum Gasteiger partial charge on any atom is -0.404 e. The van der Waals surface area contributed by atoms with Crippen molar-refractivity contribution >= 4 is 21.6 Å². The van der Waals surface area contributed by atoms with Crippen molar-refractivity contribution in [2.45, 2.75) is 51.4 Å². The number of nitrogens with one attached hydrogen (secondary N) is 1. The van der Waals surface area contributed by atoms with Crippen molar-refractivity contribution in [2.75, 3.05) is 5.32 Å². The number of rotatable bonds is 4. The van der Waals surface area contributed by atoms with Gasteiger partial charge in [-0.1, -0.05) is 35.2 Å². The molecule has 0 aliphatic heterocycles. The summed E-state index contributed by atoms with van der Waals surface area (Å²) in [5, 5.41) is 3.18. The van der Waals surface area contributed by atoms with E-state index in [0.717, 1.165) is 12.8 Å². The molecule has 6 heteroatoms. The first kappa shape index (κ1) is 16.5. The summed E-state index contributed by atoms with van der Waals surface area (Å²) in [5.74, 6) is 0.306. The minimum absolute atomic E-state index is 0.127. The van der Waals surface area contributed by atoms with Crippen LogP contribution in [-0.2, 0) is 0 Å². The highest BCUT2D eigenvalue weighted by Crippen LogP contribution is 2.35. The summed E-state index contributed by atoms with van der Waals surface area (Å²) in [6, 6.07) is 4.79. The summed E-state index contributed by atoms with van der Waals surface area (Å²) in [6.07, 6.45) is 1.21. The van der Waals surface area contributed by atoms with E-state index in [1.54, 1.807) is 12.1 Å². The van der Waals surface area contributed by atoms with Gasteiger partial charge in [-0.3, -0.25) is 0 Å². The average Bonchev–Trinajstić information content (AvgIpc) is 2.41. The molecule has 2 rings (SSSR count). The molecule has 0 aromatic heterocycles. The van der Waals surface area contributed by atoms with Gasteiger partial charge in [0.15, 0.2) is 5.75 Å². The van der Waals surface area contributed by atoms with Gasteiger partial charge in [-0.2, -0.15) is 0 Å². The maximum absolute atomic E-state index is 12.5. The van der Waals surface area contributed by atoms with Crippen LogP contribution in [0.5, 0.6) is 5.75 Å². The molecule has 0 spiro atoms. The Kier molecular flexibility index (Phi) is 5.41. The van der Waals surface area contributed by atoms with Crippen LogP contribution in [0.25, 0.3) is 0 Å². The number of ether oxygens (including phenoxy) is 1. The minimum atomic E-state index is -4.69. The zero-order chi connectivity index (χ0) is 15.5. The van der Waals surface area contributed by atoms with Gasteiger partial charge in [-0.15, -0.1) is 13.2 Å². The highest BCUT2D eigenvalue weighted by Gasteiger charge is 2.32. The summed E-state index contributed by atoms with van der Waals surface area (Å²) in [5.41, 5.74) is 0.383. The number of anilines is 1. The molecule has 1 aromatic rings. The molecular formula is C15H19BrF3NO. The van der Waals surface area contributed by atoms with Crippen LogP contribution in [0.2, 0.25) is 0 Å². The Morgan fingerprint density at radius 1 is 1.24 bits per heavy atom. The van der Waals surface area contributed by atoms with Gasteiger partial charge in [0.25, 0.3) is 0 Å². The molecule has 2 nitrogen and oxygen atoms in total. The number of alkyl halides is 3. The molecule has 1 aliphatic rings.